The number of nitriles is 1. The summed E-state index contributed by atoms with van der Waals surface area (Å²) in [7, 11) is 0. The fourth-order valence-electron chi connectivity index (χ4n) is 1.00. The Bertz CT molecular complexity index is 417. The van der Waals surface area contributed by atoms with Crippen molar-refractivity contribution in [3.63, 3.8) is 0 Å². The Balaban J connectivity index is 3.50. The predicted octanol–water partition coefficient (Wildman–Crippen LogP) is 2.86. The molecule has 0 fully saturated rings. The van der Waals surface area contributed by atoms with Gasteiger partial charge in [-0.05, 0) is 13.0 Å². The molecule has 1 heterocycles. The number of rotatable bonds is 1. The topological polar surface area (TPSA) is 39.6 Å². The molecule has 68 valence electrons. The largest absolute Gasteiger partial charge is 0.349 e. The van der Waals surface area contributed by atoms with E-state index >= 15 is 0 Å². The SMILES string of the molecule is Cc1cc(C(F)F)c(C#N)c(=S)[nH]1. The van der Waals surface area contributed by atoms with Gasteiger partial charge >= 0.3 is 0 Å². The van der Waals surface area contributed by atoms with Crippen LogP contribution in [0.15, 0.2) is 6.07 Å². The third-order valence-electron chi connectivity index (χ3n) is 1.55. The molecule has 0 atom stereocenters. The van der Waals surface area contributed by atoms with Crippen molar-refractivity contribution in [1.82, 2.24) is 4.98 Å². The van der Waals surface area contributed by atoms with Gasteiger partial charge in [0.15, 0.2) is 0 Å². The highest BCUT2D eigenvalue weighted by molar-refractivity contribution is 7.71. The molecule has 0 aliphatic rings. The van der Waals surface area contributed by atoms with Gasteiger partial charge in [0, 0.05) is 11.3 Å². The Morgan fingerprint density at radius 2 is 2.23 bits per heavy atom. The molecule has 0 aromatic carbocycles. The van der Waals surface area contributed by atoms with Crippen molar-refractivity contribution in [2.24, 2.45) is 0 Å². The number of aromatic amines is 1. The van der Waals surface area contributed by atoms with Gasteiger partial charge in [0.2, 0.25) is 0 Å². The summed E-state index contributed by atoms with van der Waals surface area (Å²) in [6.45, 7) is 1.61. The van der Waals surface area contributed by atoms with Crippen LogP contribution < -0.4 is 0 Å². The summed E-state index contributed by atoms with van der Waals surface area (Å²) >= 11 is 4.73. The van der Waals surface area contributed by atoms with Crippen LogP contribution in [0.25, 0.3) is 0 Å². The lowest BCUT2D eigenvalue weighted by Gasteiger charge is -2.03. The zero-order chi connectivity index (χ0) is 10.0. The summed E-state index contributed by atoms with van der Waals surface area (Å²) in [5, 5.41) is 8.57. The maximum atomic E-state index is 12.4. The first kappa shape index (κ1) is 9.81. The minimum absolute atomic E-state index is 0.0674. The first-order chi connectivity index (χ1) is 6.06. The monoisotopic (exact) mass is 200 g/mol. The van der Waals surface area contributed by atoms with Crippen molar-refractivity contribution >= 4 is 12.2 Å². The maximum Gasteiger partial charge on any atom is 0.265 e. The molecule has 0 aliphatic heterocycles. The molecule has 1 N–H and O–H groups in total. The molecule has 0 amide bonds. The molecule has 0 unspecified atom stereocenters. The second-order valence-electron chi connectivity index (χ2n) is 2.52. The third kappa shape index (κ3) is 1.90. The number of aryl methyl sites for hydroxylation is 1. The van der Waals surface area contributed by atoms with Gasteiger partial charge in [0.05, 0.1) is 5.56 Å². The molecule has 1 aromatic heterocycles. The van der Waals surface area contributed by atoms with E-state index in [1.54, 1.807) is 13.0 Å². The minimum atomic E-state index is -2.66. The number of pyridine rings is 1. The number of hydrogen-bond acceptors (Lipinski definition) is 2. The van der Waals surface area contributed by atoms with Crippen LogP contribution in [0.3, 0.4) is 0 Å². The highest BCUT2D eigenvalue weighted by Gasteiger charge is 2.14. The normalized spacial score (nSPS) is 10.1. The molecule has 1 rings (SSSR count). The van der Waals surface area contributed by atoms with Crippen molar-refractivity contribution in [1.29, 1.82) is 5.26 Å². The Hall–Kier alpha value is -1.28. The van der Waals surface area contributed by atoms with Crippen LogP contribution in [0.4, 0.5) is 8.78 Å². The summed E-state index contributed by atoms with van der Waals surface area (Å²) in [6.07, 6.45) is -2.66. The Morgan fingerprint density at radius 3 is 2.69 bits per heavy atom. The van der Waals surface area contributed by atoms with E-state index in [0.717, 1.165) is 0 Å². The first-order valence-electron chi connectivity index (χ1n) is 3.48. The zero-order valence-electron chi connectivity index (χ0n) is 6.77. The molecule has 5 heteroatoms. The van der Waals surface area contributed by atoms with Crippen molar-refractivity contribution < 1.29 is 8.78 Å². The second kappa shape index (κ2) is 3.62. The van der Waals surface area contributed by atoms with Gasteiger partial charge in [0.25, 0.3) is 6.43 Å². The van der Waals surface area contributed by atoms with Crippen LogP contribution in [0.2, 0.25) is 0 Å². The molecule has 2 nitrogen and oxygen atoms in total. The first-order valence-corrected chi connectivity index (χ1v) is 3.89. The van der Waals surface area contributed by atoms with Crippen LogP contribution in [0.1, 0.15) is 23.2 Å². The number of alkyl halides is 2. The summed E-state index contributed by atoms with van der Waals surface area (Å²) < 4.78 is 24.8. The summed E-state index contributed by atoms with van der Waals surface area (Å²) in [5.74, 6) is 0. The lowest BCUT2D eigenvalue weighted by molar-refractivity contribution is 0.151. The van der Waals surface area contributed by atoms with Crippen molar-refractivity contribution in [2.45, 2.75) is 13.3 Å². The Morgan fingerprint density at radius 1 is 1.62 bits per heavy atom. The molecular weight excluding hydrogens is 194 g/mol. The molecule has 0 radical (unpaired) electrons. The van der Waals surface area contributed by atoms with E-state index < -0.39 is 6.43 Å². The number of nitrogens with zero attached hydrogens (tertiary/aromatic N) is 1. The fraction of sp³-hybridized carbons (Fsp3) is 0.250. The van der Waals surface area contributed by atoms with Gasteiger partial charge in [-0.25, -0.2) is 8.78 Å². The van der Waals surface area contributed by atoms with E-state index in [2.05, 4.69) is 4.98 Å². The van der Waals surface area contributed by atoms with Crippen LogP contribution in [-0.4, -0.2) is 4.98 Å². The Labute approximate surface area is 78.8 Å². The van der Waals surface area contributed by atoms with E-state index in [9.17, 15) is 8.78 Å². The fourth-order valence-corrected chi connectivity index (χ4v) is 1.33. The van der Waals surface area contributed by atoms with Crippen molar-refractivity contribution in [2.75, 3.05) is 0 Å². The van der Waals surface area contributed by atoms with E-state index in [1.165, 1.54) is 6.07 Å². The number of nitrogens with one attached hydrogen (secondary N) is 1. The summed E-state index contributed by atoms with van der Waals surface area (Å²) in [6, 6.07) is 2.89. The quantitative estimate of drug-likeness (QED) is 0.708. The summed E-state index contributed by atoms with van der Waals surface area (Å²) in [4.78, 5) is 2.64. The van der Waals surface area contributed by atoms with Crippen molar-refractivity contribution in [3.8, 4) is 6.07 Å². The van der Waals surface area contributed by atoms with Gasteiger partial charge in [-0.1, -0.05) is 12.2 Å². The molecular formula is C8H6F2N2S. The highest BCUT2D eigenvalue weighted by atomic mass is 32.1. The predicted molar refractivity (Wildman–Crippen MR) is 46.0 cm³/mol. The molecule has 13 heavy (non-hydrogen) atoms. The number of H-pyrrole nitrogens is 1. The highest BCUT2D eigenvalue weighted by Crippen LogP contribution is 2.23. The molecule has 0 bridgehead atoms. The summed E-state index contributed by atoms with van der Waals surface area (Å²) in [5.41, 5.74) is 0.0821. The molecule has 0 saturated heterocycles. The van der Waals surface area contributed by atoms with E-state index in [-0.39, 0.29) is 15.8 Å². The molecule has 0 saturated carbocycles. The number of hydrogen-bond donors (Lipinski definition) is 1. The van der Waals surface area contributed by atoms with Crippen LogP contribution in [-0.2, 0) is 0 Å². The Kier molecular flexibility index (Phi) is 2.73. The minimum Gasteiger partial charge on any atom is -0.349 e. The van der Waals surface area contributed by atoms with Gasteiger partial charge in [-0.2, -0.15) is 5.26 Å². The number of halogens is 2. The standard InChI is InChI=1S/C8H6F2N2S/c1-4-2-5(7(9)10)6(3-11)8(13)12-4/h2,7H,1H3,(H,12,13). The van der Waals surface area contributed by atoms with Crippen LogP contribution in [0, 0.1) is 22.9 Å². The smallest absolute Gasteiger partial charge is 0.265 e. The number of aromatic nitrogens is 1. The van der Waals surface area contributed by atoms with Crippen LogP contribution in [0.5, 0.6) is 0 Å². The van der Waals surface area contributed by atoms with Gasteiger partial charge in [0.1, 0.15) is 10.7 Å². The zero-order valence-corrected chi connectivity index (χ0v) is 7.58. The van der Waals surface area contributed by atoms with E-state index in [1.807, 2.05) is 0 Å². The lowest BCUT2D eigenvalue weighted by Crippen LogP contribution is -1.95. The molecule has 1 aromatic rings. The van der Waals surface area contributed by atoms with Crippen LogP contribution >= 0.6 is 12.2 Å². The lowest BCUT2D eigenvalue weighted by atomic mass is 10.1. The van der Waals surface area contributed by atoms with E-state index in [0.29, 0.717) is 5.69 Å². The third-order valence-corrected chi connectivity index (χ3v) is 1.85. The van der Waals surface area contributed by atoms with Gasteiger partial charge < -0.3 is 4.98 Å². The van der Waals surface area contributed by atoms with Crippen molar-refractivity contribution in [3.05, 3.63) is 27.5 Å². The second-order valence-corrected chi connectivity index (χ2v) is 2.93. The molecule has 0 aliphatic carbocycles. The van der Waals surface area contributed by atoms with Gasteiger partial charge in [-0.3, -0.25) is 0 Å². The average molecular weight is 200 g/mol. The molecule has 0 spiro atoms. The average Bonchev–Trinajstić information content (AvgIpc) is 2.02. The van der Waals surface area contributed by atoms with E-state index in [4.69, 9.17) is 17.5 Å². The van der Waals surface area contributed by atoms with Gasteiger partial charge in [-0.15, -0.1) is 0 Å². The maximum absolute atomic E-state index is 12.4.